The molecule has 0 spiro atoms. The molecule has 156 valence electrons. The summed E-state index contributed by atoms with van der Waals surface area (Å²) >= 11 is 1.63. The number of amides is 1. The van der Waals surface area contributed by atoms with E-state index in [9.17, 15) is 4.79 Å². The Morgan fingerprint density at radius 2 is 1.81 bits per heavy atom. The smallest absolute Gasteiger partial charge is 0.257 e. The summed E-state index contributed by atoms with van der Waals surface area (Å²) in [6.07, 6.45) is 3.35. The number of nitrogens with zero attached hydrogens (tertiary/aromatic N) is 6. The molecule has 8 heteroatoms. The number of carbonyl (C=O) groups excluding carboxylic acids is 1. The number of benzene rings is 1. The number of anilines is 1. The van der Waals surface area contributed by atoms with E-state index in [1.165, 1.54) is 5.69 Å². The van der Waals surface area contributed by atoms with Crippen LogP contribution >= 0.6 is 11.3 Å². The van der Waals surface area contributed by atoms with E-state index in [2.05, 4.69) is 32.1 Å². The Balaban J connectivity index is 1.33. The van der Waals surface area contributed by atoms with Gasteiger partial charge in [0.2, 0.25) is 0 Å². The SMILES string of the molecule is Cc1c(C(=O)N2CCN(c3ccccc3)CC2)cnn1-c1nccc(-c2cccs2)n1. The van der Waals surface area contributed by atoms with Crippen LogP contribution in [0.1, 0.15) is 16.1 Å². The summed E-state index contributed by atoms with van der Waals surface area (Å²) in [6.45, 7) is 4.89. The number of hydrogen-bond acceptors (Lipinski definition) is 6. The molecule has 4 heterocycles. The van der Waals surface area contributed by atoms with Crippen molar-refractivity contribution in [1.82, 2.24) is 24.6 Å². The summed E-state index contributed by atoms with van der Waals surface area (Å²) in [6, 6.07) is 16.2. The van der Waals surface area contributed by atoms with Crippen molar-refractivity contribution in [3.63, 3.8) is 0 Å². The Bertz CT molecular complexity index is 1180. The molecule has 1 fully saturated rings. The van der Waals surface area contributed by atoms with E-state index in [-0.39, 0.29) is 5.91 Å². The monoisotopic (exact) mass is 430 g/mol. The molecule has 0 atom stereocenters. The summed E-state index contributed by atoms with van der Waals surface area (Å²) in [5.74, 6) is 0.474. The van der Waals surface area contributed by atoms with Crippen LogP contribution in [0.5, 0.6) is 0 Å². The van der Waals surface area contributed by atoms with Gasteiger partial charge in [-0.3, -0.25) is 4.79 Å². The maximum Gasteiger partial charge on any atom is 0.257 e. The molecule has 1 aliphatic heterocycles. The highest BCUT2D eigenvalue weighted by molar-refractivity contribution is 7.13. The second-order valence-corrected chi connectivity index (χ2v) is 8.34. The summed E-state index contributed by atoms with van der Waals surface area (Å²) in [5.41, 5.74) is 3.39. The number of aromatic nitrogens is 4. The Morgan fingerprint density at radius 1 is 1.00 bits per heavy atom. The van der Waals surface area contributed by atoms with Gasteiger partial charge in [-0.05, 0) is 36.6 Å². The lowest BCUT2D eigenvalue weighted by Gasteiger charge is -2.36. The normalized spacial score (nSPS) is 14.1. The average Bonchev–Trinajstić information content (AvgIpc) is 3.50. The van der Waals surface area contributed by atoms with Crippen molar-refractivity contribution in [3.05, 3.63) is 77.6 Å². The number of thiophene rings is 1. The Labute approximate surface area is 184 Å². The van der Waals surface area contributed by atoms with Crippen molar-refractivity contribution in [2.45, 2.75) is 6.92 Å². The summed E-state index contributed by atoms with van der Waals surface area (Å²) in [7, 11) is 0. The minimum atomic E-state index is 0.00544. The van der Waals surface area contributed by atoms with Gasteiger partial charge in [-0.25, -0.2) is 14.6 Å². The third kappa shape index (κ3) is 3.82. The van der Waals surface area contributed by atoms with E-state index in [1.807, 2.05) is 53.6 Å². The van der Waals surface area contributed by atoms with Crippen LogP contribution < -0.4 is 4.90 Å². The molecule has 0 bridgehead atoms. The number of piperazine rings is 1. The molecule has 0 radical (unpaired) electrons. The second kappa shape index (κ2) is 8.31. The van der Waals surface area contributed by atoms with E-state index >= 15 is 0 Å². The fourth-order valence-corrected chi connectivity index (χ4v) is 4.51. The number of para-hydroxylation sites is 1. The third-order valence-electron chi connectivity index (χ3n) is 5.53. The molecule has 0 saturated carbocycles. The highest BCUT2D eigenvalue weighted by atomic mass is 32.1. The Hall–Kier alpha value is -3.52. The van der Waals surface area contributed by atoms with Crippen LogP contribution in [0.3, 0.4) is 0 Å². The van der Waals surface area contributed by atoms with Crippen LogP contribution in [0.2, 0.25) is 0 Å². The zero-order valence-corrected chi connectivity index (χ0v) is 18.0. The molecular formula is C23H22N6OS. The van der Waals surface area contributed by atoms with Crippen LogP contribution in [0.25, 0.3) is 16.5 Å². The molecule has 5 rings (SSSR count). The van der Waals surface area contributed by atoms with E-state index in [0.29, 0.717) is 24.6 Å². The van der Waals surface area contributed by atoms with Gasteiger partial charge < -0.3 is 9.80 Å². The van der Waals surface area contributed by atoms with Crippen LogP contribution in [-0.2, 0) is 0 Å². The first kappa shape index (κ1) is 19.4. The maximum atomic E-state index is 13.2. The molecule has 4 aromatic rings. The molecule has 3 aromatic heterocycles. The maximum absolute atomic E-state index is 13.2. The zero-order valence-electron chi connectivity index (χ0n) is 17.2. The predicted molar refractivity (Wildman–Crippen MR) is 122 cm³/mol. The van der Waals surface area contributed by atoms with Gasteiger partial charge in [-0.1, -0.05) is 24.3 Å². The highest BCUT2D eigenvalue weighted by Gasteiger charge is 2.25. The van der Waals surface area contributed by atoms with Crippen LogP contribution in [-0.4, -0.2) is 56.7 Å². The fourth-order valence-electron chi connectivity index (χ4n) is 3.81. The van der Waals surface area contributed by atoms with Gasteiger partial charge in [0.15, 0.2) is 0 Å². The minimum absolute atomic E-state index is 0.00544. The Morgan fingerprint density at radius 3 is 2.55 bits per heavy atom. The largest absolute Gasteiger partial charge is 0.368 e. The number of hydrogen-bond donors (Lipinski definition) is 0. The molecular weight excluding hydrogens is 408 g/mol. The summed E-state index contributed by atoms with van der Waals surface area (Å²) in [4.78, 5) is 27.5. The number of rotatable bonds is 4. The molecule has 1 amide bonds. The van der Waals surface area contributed by atoms with Crippen molar-refractivity contribution in [2.24, 2.45) is 0 Å². The van der Waals surface area contributed by atoms with Gasteiger partial charge in [-0.2, -0.15) is 5.10 Å². The van der Waals surface area contributed by atoms with Gasteiger partial charge >= 0.3 is 0 Å². The standard InChI is InChI=1S/C23H22N6OS/c1-17-19(22(30)28-13-11-27(12-14-28)18-6-3-2-4-7-18)16-25-29(17)23-24-10-9-20(26-23)21-8-5-15-31-21/h2-10,15-16H,11-14H2,1H3. The first-order chi connectivity index (χ1) is 15.2. The number of carbonyl (C=O) groups is 1. The highest BCUT2D eigenvalue weighted by Crippen LogP contribution is 2.23. The van der Waals surface area contributed by atoms with Gasteiger partial charge in [0.05, 0.1) is 28.0 Å². The van der Waals surface area contributed by atoms with Crippen molar-refractivity contribution >= 4 is 22.9 Å². The first-order valence-electron chi connectivity index (χ1n) is 10.2. The average molecular weight is 431 g/mol. The summed E-state index contributed by atoms with van der Waals surface area (Å²) in [5, 5.41) is 6.44. The van der Waals surface area contributed by atoms with E-state index in [4.69, 9.17) is 0 Å². The lowest BCUT2D eigenvalue weighted by molar-refractivity contribution is 0.0746. The molecule has 1 aromatic carbocycles. The molecule has 1 aliphatic rings. The molecule has 31 heavy (non-hydrogen) atoms. The Kier molecular flexibility index (Phi) is 5.21. The summed E-state index contributed by atoms with van der Waals surface area (Å²) < 4.78 is 1.64. The topological polar surface area (TPSA) is 67.2 Å². The first-order valence-corrected chi connectivity index (χ1v) is 11.1. The van der Waals surface area contributed by atoms with Gasteiger partial charge in [0.1, 0.15) is 0 Å². The lowest BCUT2D eigenvalue weighted by Crippen LogP contribution is -2.48. The molecule has 0 N–H and O–H groups in total. The molecule has 0 unspecified atom stereocenters. The van der Waals surface area contributed by atoms with E-state index < -0.39 is 0 Å². The lowest BCUT2D eigenvalue weighted by atomic mass is 10.2. The molecule has 1 saturated heterocycles. The second-order valence-electron chi connectivity index (χ2n) is 7.39. The van der Waals surface area contributed by atoms with Crippen molar-refractivity contribution in [1.29, 1.82) is 0 Å². The van der Waals surface area contributed by atoms with E-state index in [1.54, 1.807) is 28.4 Å². The van der Waals surface area contributed by atoms with Crippen molar-refractivity contribution in [2.75, 3.05) is 31.1 Å². The van der Waals surface area contributed by atoms with Crippen LogP contribution in [0.4, 0.5) is 5.69 Å². The minimum Gasteiger partial charge on any atom is -0.368 e. The zero-order chi connectivity index (χ0) is 21.2. The van der Waals surface area contributed by atoms with Crippen molar-refractivity contribution in [3.8, 4) is 16.5 Å². The molecule has 7 nitrogen and oxygen atoms in total. The van der Waals surface area contributed by atoms with Crippen LogP contribution in [0.15, 0.2) is 66.3 Å². The quantitative estimate of drug-likeness (QED) is 0.494. The van der Waals surface area contributed by atoms with Gasteiger partial charge in [0.25, 0.3) is 11.9 Å². The fraction of sp³-hybridized carbons (Fsp3) is 0.217. The van der Waals surface area contributed by atoms with E-state index in [0.717, 1.165) is 29.4 Å². The van der Waals surface area contributed by atoms with Crippen LogP contribution in [0, 0.1) is 6.92 Å². The predicted octanol–water partition coefficient (Wildman–Crippen LogP) is 3.66. The van der Waals surface area contributed by atoms with Crippen molar-refractivity contribution < 1.29 is 4.79 Å². The third-order valence-corrected chi connectivity index (χ3v) is 6.43. The van der Waals surface area contributed by atoms with Gasteiger partial charge in [0, 0.05) is 38.1 Å². The van der Waals surface area contributed by atoms with Gasteiger partial charge in [-0.15, -0.1) is 11.3 Å². The molecule has 0 aliphatic carbocycles.